The number of nitrogens with zero attached hydrogens (tertiary/aromatic N) is 1. The Balaban J connectivity index is 2.43. The molecule has 0 saturated heterocycles. The summed E-state index contributed by atoms with van der Waals surface area (Å²) in [6.45, 7) is 2.67. The van der Waals surface area contributed by atoms with Gasteiger partial charge in [0.05, 0.1) is 12.7 Å². The van der Waals surface area contributed by atoms with Crippen LogP contribution < -0.4 is 0 Å². The Labute approximate surface area is 71.4 Å². The summed E-state index contributed by atoms with van der Waals surface area (Å²) in [6.07, 6.45) is 2.96. The van der Waals surface area contributed by atoms with Crippen molar-refractivity contribution in [2.24, 2.45) is 0 Å². The summed E-state index contributed by atoms with van der Waals surface area (Å²) in [7, 11) is 0. The molecule has 1 heterocycles. The molecular weight excluding hydrogens is 158 g/mol. The van der Waals surface area contributed by atoms with Gasteiger partial charge in [0, 0.05) is 12.7 Å². The number of carbonyl (C=O) groups excluding carboxylic acids is 1. The van der Waals surface area contributed by atoms with Crippen molar-refractivity contribution < 1.29 is 14.6 Å². The third-order valence-electron chi connectivity index (χ3n) is 1.66. The average Bonchev–Trinajstić information content (AvgIpc) is 2.06. The number of rotatable bonds is 1. The van der Waals surface area contributed by atoms with E-state index in [0.29, 0.717) is 19.6 Å². The molecule has 1 N–H and O–H groups in total. The average molecular weight is 171 g/mol. The zero-order chi connectivity index (χ0) is 8.97. The van der Waals surface area contributed by atoms with E-state index < -0.39 is 6.10 Å². The number of aliphatic hydroxyl groups is 1. The van der Waals surface area contributed by atoms with E-state index in [9.17, 15) is 4.79 Å². The highest BCUT2D eigenvalue weighted by molar-refractivity contribution is 5.69. The van der Waals surface area contributed by atoms with Crippen molar-refractivity contribution in [1.82, 2.24) is 4.90 Å². The molecule has 68 valence electrons. The van der Waals surface area contributed by atoms with Crippen LogP contribution in [0.1, 0.15) is 13.3 Å². The van der Waals surface area contributed by atoms with Crippen molar-refractivity contribution in [2.45, 2.75) is 19.4 Å². The van der Waals surface area contributed by atoms with Crippen LogP contribution in [0.25, 0.3) is 0 Å². The number of hydrogen-bond donors (Lipinski definition) is 1. The highest BCUT2D eigenvalue weighted by Gasteiger charge is 2.16. The lowest BCUT2D eigenvalue weighted by atomic mass is 10.2. The van der Waals surface area contributed by atoms with Gasteiger partial charge in [-0.25, -0.2) is 4.79 Å². The maximum atomic E-state index is 11.1. The fourth-order valence-electron chi connectivity index (χ4n) is 1.00. The molecule has 0 spiro atoms. The summed E-state index contributed by atoms with van der Waals surface area (Å²) >= 11 is 0. The number of aliphatic hydroxyl groups excluding tert-OH is 1. The van der Waals surface area contributed by atoms with Gasteiger partial charge in [-0.1, -0.05) is 0 Å². The van der Waals surface area contributed by atoms with Crippen molar-refractivity contribution in [3.63, 3.8) is 0 Å². The minimum Gasteiger partial charge on any atom is -0.449 e. The molecule has 0 radical (unpaired) electrons. The Bertz CT molecular complexity index is 191. The van der Waals surface area contributed by atoms with E-state index in [0.717, 1.165) is 0 Å². The molecule has 4 heteroatoms. The largest absolute Gasteiger partial charge is 0.449 e. The van der Waals surface area contributed by atoms with E-state index in [-0.39, 0.29) is 6.09 Å². The Morgan fingerprint density at radius 3 is 3.08 bits per heavy atom. The van der Waals surface area contributed by atoms with Crippen molar-refractivity contribution in [2.75, 3.05) is 13.2 Å². The Morgan fingerprint density at radius 2 is 2.58 bits per heavy atom. The lowest BCUT2D eigenvalue weighted by Crippen LogP contribution is -2.32. The van der Waals surface area contributed by atoms with Crippen LogP contribution in [0, 0.1) is 0 Å². The van der Waals surface area contributed by atoms with Crippen LogP contribution >= 0.6 is 0 Å². The van der Waals surface area contributed by atoms with Crippen LogP contribution in [0.3, 0.4) is 0 Å². The molecule has 1 aliphatic rings. The van der Waals surface area contributed by atoms with Crippen molar-refractivity contribution in [3.05, 3.63) is 12.3 Å². The fourth-order valence-corrected chi connectivity index (χ4v) is 1.00. The van der Waals surface area contributed by atoms with Crippen LogP contribution in [-0.4, -0.2) is 35.4 Å². The van der Waals surface area contributed by atoms with Crippen LogP contribution in [0.4, 0.5) is 4.79 Å². The number of hydrogen-bond acceptors (Lipinski definition) is 3. The first-order chi connectivity index (χ1) is 5.74. The first-order valence-electron chi connectivity index (χ1n) is 4.04. The maximum absolute atomic E-state index is 11.1. The van der Waals surface area contributed by atoms with Crippen LogP contribution in [0.15, 0.2) is 12.3 Å². The highest BCUT2D eigenvalue weighted by Crippen LogP contribution is 2.07. The topological polar surface area (TPSA) is 49.8 Å². The van der Waals surface area contributed by atoms with E-state index in [2.05, 4.69) is 0 Å². The highest BCUT2D eigenvalue weighted by atomic mass is 16.6. The van der Waals surface area contributed by atoms with Gasteiger partial charge in [-0.2, -0.15) is 0 Å². The minimum atomic E-state index is -0.421. The first kappa shape index (κ1) is 9.06. The van der Waals surface area contributed by atoms with Gasteiger partial charge in [-0.05, 0) is 19.4 Å². The number of ether oxygens (including phenoxy) is 1. The van der Waals surface area contributed by atoms with Gasteiger partial charge in [-0.15, -0.1) is 0 Å². The molecule has 1 atom stereocenters. The van der Waals surface area contributed by atoms with Crippen molar-refractivity contribution in [3.8, 4) is 0 Å². The molecule has 0 fully saturated rings. The second-order valence-corrected chi connectivity index (χ2v) is 2.59. The lowest BCUT2D eigenvalue weighted by Gasteiger charge is -2.22. The predicted molar refractivity (Wildman–Crippen MR) is 43.5 cm³/mol. The van der Waals surface area contributed by atoms with E-state index >= 15 is 0 Å². The second kappa shape index (κ2) is 4.11. The predicted octanol–water partition coefficient (Wildman–Crippen LogP) is 0.723. The van der Waals surface area contributed by atoms with Crippen LogP contribution in [-0.2, 0) is 4.74 Å². The smallest absolute Gasteiger partial charge is 0.413 e. The van der Waals surface area contributed by atoms with Crippen molar-refractivity contribution in [1.29, 1.82) is 0 Å². The molecule has 0 bridgehead atoms. The standard InChI is InChI=1S/C8H13NO3/c1-2-12-8(11)9-5-3-7(10)4-6-9/h3,5,7,10H,2,4,6H2,1H3/t7-/m0/s1. The minimum absolute atomic E-state index is 0.347. The molecule has 12 heavy (non-hydrogen) atoms. The van der Waals surface area contributed by atoms with Gasteiger partial charge >= 0.3 is 6.09 Å². The van der Waals surface area contributed by atoms with E-state index in [1.54, 1.807) is 19.2 Å². The van der Waals surface area contributed by atoms with E-state index in [1.165, 1.54) is 4.90 Å². The zero-order valence-corrected chi connectivity index (χ0v) is 7.06. The van der Waals surface area contributed by atoms with Gasteiger partial charge in [0.1, 0.15) is 0 Å². The first-order valence-corrected chi connectivity index (χ1v) is 4.04. The fraction of sp³-hybridized carbons (Fsp3) is 0.625. The Hall–Kier alpha value is -1.03. The van der Waals surface area contributed by atoms with Gasteiger partial charge in [0.2, 0.25) is 0 Å². The molecule has 0 aliphatic carbocycles. The monoisotopic (exact) mass is 171 g/mol. The summed E-state index contributed by atoms with van der Waals surface area (Å²) in [6, 6.07) is 0. The molecular formula is C8H13NO3. The third kappa shape index (κ3) is 2.23. The summed E-state index contributed by atoms with van der Waals surface area (Å²) in [5.74, 6) is 0. The summed E-state index contributed by atoms with van der Waals surface area (Å²) in [4.78, 5) is 12.5. The molecule has 0 aromatic rings. The van der Waals surface area contributed by atoms with Crippen molar-refractivity contribution >= 4 is 6.09 Å². The molecule has 0 aromatic heterocycles. The van der Waals surface area contributed by atoms with E-state index in [1.807, 2.05) is 0 Å². The molecule has 1 amide bonds. The molecule has 1 aliphatic heterocycles. The molecule has 4 nitrogen and oxygen atoms in total. The summed E-state index contributed by atoms with van der Waals surface area (Å²) in [5.41, 5.74) is 0. The molecule has 1 rings (SSSR count). The number of amides is 1. The summed E-state index contributed by atoms with van der Waals surface area (Å²) in [5, 5.41) is 9.07. The van der Waals surface area contributed by atoms with E-state index in [4.69, 9.17) is 9.84 Å². The normalized spacial score (nSPS) is 22.5. The third-order valence-corrected chi connectivity index (χ3v) is 1.66. The van der Waals surface area contributed by atoms with Crippen LogP contribution in [0.2, 0.25) is 0 Å². The second-order valence-electron chi connectivity index (χ2n) is 2.59. The lowest BCUT2D eigenvalue weighted by molar-refractivity contribution is 0.110. The van der Waals surface area contributed by atoms with Crippen LogP contribution in [0.5, 0.6) is 0 Å². The van der Waals surface area contributed by atoms with Gasteiger partial charge < -0.3 is 9.84 Å². The summed E-state index contributed by atoms with van der Waals surface area (Å²) < 4.78 is 4.77. The maximum Gasteiger partial charge on any atom is 0.413 e. The Kier molecular flexibility index (Phi) is 3.10. The molecule has 0 unspecified atom stereocenters. The van der Waals surface area contributed by atoms with Gasteiger partial charge in [0.25, 0.3) is 0 Å². The van der Waals surface area contributed by atoms with Gasteiger partial charge in [-0.3, -0.25) is 4.90 Å². The number of carbonyl (C=O) groups is 1. The molecule has 0 saturated carbocycles. The SMILES string of the molecule is CCOC(=O)N1C=C[C@H](O)CC1. The zero-order valence-electron chi connectivity index (χ0n) is 7.06. The Morgan fingerprint density at radius 1 is 1.83 bits per heavy atom. The molecule has 0 aromatic carbocycles. The van der Waals surface area contributed by atoms with Gasteiger partial charge in [0.15, 0.2) is 0 Å². The quantitative estimate of drug-likeness (QED) is 0.632.